The van der Waals surface area contributed by atoms with Gasteiger partial charge in [0.15, 0.2) is 5.75 Å². The normalized spacial score (nSPS) is 10.7. The summed E-state index contributed by atoms with van der Waals surface area (Å²) < 4.78 is 31.5. The highest BCUT2D eigenvalue weighted by molar-refractivity contribution is 9.10. The number of rotatable bonds is 8. The Morgan fingerprint density at radius 3 is 2.48 bits per heavy atom. The monoisotopic (exact) mass is 479 g/mol. The Hall–Kier alpha value is -2.28. The van der Waals surface area contributed by atoms with Crippen molar-refractivity contribution < 1.29 is 18.6 Å². The summed E-state index contributed by atoms with van der Waals surface area (Å²) in [5.74, 6) is 1.12. The molecule has 0 fully saturated rings. The molecule has 29 heavy (non-hydrogen) atoms. The van der Waals surface area contributed by atoms with E-state index in [0.717, 1.165) is 27.0 Å². The fourth-order valence-corrected chi connectivity index (χ4v) is 3.40. The summed E-state index contributed by atoms with van der Waals surface area (Å²) in [4.78, 5) is 0. The number of benzene rings is 3. The van der Waals surface area contributed by atoms with Gasteiger partial charge in [-0.1, -0.05) is 29.8 Å². The van der Waals surface area contributed by atoms with Crippen LogP contribution in [0.2, 0.25) is 5.02 Å². The van der Waals surface area contributed by atoms with Crippen molar-refractivity contribution in [3.63, 3.8) is 0 Å². The second-order valence-electron chi connectivity index (χ2n) is 6.18. The van der Waals surface area contributed by atoms with Crippen LogP contribution in [0.3, 0.4) is 0 Å². The lowest BCUT2D eigenvalue weighted by atomic mass is 10.1. The van der Waals surface area contributed by atoms with Crippen LogP contribution in [-0.2, 0) is 18.0 Å². The van der Waals surface area contributed by atoms with Crippen LogP contribution >= 0.6 is 27.5 Å². The molecule has 0 aliphatic heterocycles. The van der Waals surface area contributed by atoms with Gasteiger partial charge in [0.1, 0.15) is 17.3 Å². The Morgan fingerprint density at radius 1 is 1.03 bits per heavy atom. The first-order chi connectivity index (χ1) is 14.0. The predicted molar refractivity (Wildman–Crippen MR) is 117 cm³/mol. The van der Waals surface area contributed by atoms with Crippen LogP contribution in [0.15, 0.2) is 59.1 Å². The summed E-state index contributed by atoms with van der Waals surface area (Å²) in [7, 11) is 3.41. The topological polar surface area (TPSA) is 39.7 Å². The molecule has 0 aromatic heterocycles. The highest BCUT2D eigenvalue weighted by Crippen LogP contribution is 2.41. The zero-order chi connectivity index (χ0) is 20.8. The van der Waals surface area contributed by atoms with Gasteiger partial charge in [0.05, 0.1) is 31.0 Å². The van der Waals surface area contributed by atoms with Crippen molar-refractivity contribution in [2.45, 2.75) is 13.2 Å². The van der Waals surface area contributed by atoms with E-state index in [4.69, 9.17) is 25.8 Å². The third-order valence-corrected chi connectivity index (χ3v) is 5.20. The molecule has 0 saturated carbocycles. The molecule has 0 atom stereocenters. The standard InChI is InChI=1S/C22H20BrClFNO3/c1-26-21-18(23)9-5-15(13-28-12-14-3-7-17(27-2)8-4-14)22(21)29-20-11-16(25)6-10-19(20)24/h3-11,26H,12-13H2,1-2H3. The van der Waals surface area contributed by atoms with Crippen molar-refractivity contribution in [3.8, 4) is 17.2 Å². The van der Waals surface area contributed by atoms with Crippen LogP contribution in [0.25, 0.3) is 0 Å². The van der Waals surface area contributed by atoms with Gasteiger partial charge in [-0.05, 0) is 51.8 Å². The maximum Gasteiger partial charge on any atom is 0.157 e. The lowest BCUT2D eigenvalue weighted by Gasteiger charge is -2.18. The second-order valence-corrected chi connectivity index (χ2v) is 7.44. The molecule has 3 aromatic rings. The van der Waals surface area contributed by atoms with Crippen LogP contribution in [0, 0.1) is 5.82 Å². The Balaban J connectivity index is 1.81. The van der Waals surface area contributed by atoms with Gasteiger partial charge in [0, 0.05) is 23.2 Å². The van der Waals surface area contributed by atoms with Crippen molar-refractivity contribution in [2.24, 2.45) is 0 Å². The van der Waals surface area contributed by atoms with E-state index >= 15 is 0 Å². The van der Waals surface area contributed by atoms with E-state index in [9.17, 15) is 4.39 Å². The molecule has 0 bridgehead atoms. The Labute approximate surface area is 182 Å². The number of ether oxygens (including phenoxy) is 3. The Bertz CT molecular complexity index is 983. The van der Waals surface area contributed by atoms with E-state index < -0.39 is 5.82 Å². The SMILES string of the molecule is CNc1c(Br)ccc(COCc2ccc(OC)cc2)c1Oc1cc(F)ccc1Cl. The number of halogens is 3. The van der Waals surface area contributed by atoms with Crippen molar-refractivity contribution in [2.75, 3.05) is 19.5 Å². The molecule has 0 aliphatic rings. The fourth-order valence-electron chi connectivity index (χ4n) is 2.73. The van der Waals surface area contributed by atoms with Crippen LogP contribution < -0.4 is 14.8 Å². The second kappa shape index (κ2) is 9.96. The summed E-state index contributed by atoms with van der Waals surface area (Å²) in [5.41, 5.74) is 2.54. The van der Waals surface area contributed by atoms with Gasteiger partial charge in [-0.25, -0.2) is 4.39 Å². The molecule has 0 aliphatic carbocycles. The van der Waals surface area contributed by atoms with Crippen molar-refractivity contribution in [1.29, 1.82) is 0 Å². The molecule has 0 radical (unpaired) electrons. The average Bonchev–Trinajstić information content (AvgIpc) is 2.73. The third kappa shape index (κ3) is 5.41. The molecule has 152 valence electrons. The van der Waals surface area contributed by atoms with Crippen LogP contribution in [0.5, 0.6) is 17.2 Å². The summed E-state index contributed by atoms with van der Waals surface area (Å²) in [6, 6.07) is 15.5. The highest BCUT2D eigenvalue weighted by atomic mass is 79.9. The van der Waals surface area contributed by atoms with Gasteiger partial charge in [-0.15, -0.1) is 0 Å². The average molecular weight is 481 g/mol. The lowest BCUT2D eigenvalue weighted by Crippen LogP contribution is -2.02. The molecule has 0 heterocycles. The Kier molecular flexibility index (Phi) is 7.36. The minimum absolute atomic E-state index is 0.234. The van der Waals surface area contributed by atoms with E-state index in [0.29, 0.717) is 24.0 Å². The predicted octanol–water partition coefficient (Wildman–Crippen LogP) is 6.80. The maximum absolute atomic E-state index is 13.7. The quantitative estimate of drug-likeness (QED) is 0.385. The zero-order valence-corrected chi connectivity index (χ0v) is 18.3. The fraction of sp³-hybridized carbons (Fsp3) is 0.182. The van der Waals surface area contributed by atoms with Crippen LogP contribution in [0.1, 0.15) is 11.1 Å². The summed E-state index contributed by atoms with van der Waals surface area (Å²) in [6.07, 6.45) is 0. The summed E-state index contributed by atoms with van der Waals surface area (Å²) in [5, 5.41) is 3.42. The van der Waals surface area contributed by atoms with E-state index in [2.05, 4.69) is 21.2 Å². The molecule has 4 nitrogen and oxygen atoms in total. The first-order valence-corrected chi connectivity index (χ1v) is 10.0. The molecule has 3 rings (SSSR count). The van der Waals surface area contributed by atoms with Gasteiger partial charge in [0.2, 0.25) is 0 Å². The highest BCUT2D eigenvalue weighted by Gasteiger charge is 2.16. The van der Waals surface area contributed by atoms with Gasteiger partial charge in [-0.2, -0.15) is 0 Å². The van der Waals surface area contributed by atoms with Gasteiger partial charge in [0.25, 0.3) is 0 Å². The third-order valence-electron chi connectivity index (χ3n) is 4.23. The van der Waals surface area contributed by atoms with E-state index in [1.165, 1.54) is 18.2 Å². The Morgan fingerprint density at radius 2 is 1.79 bits per heavy atom. The van der Waals surface area contributed by atoms with Gasteiger partial charge >= 0.3 is 0 Å². The molecule has 0 spiro atoms. The van der Waals surface area contributed by atoms with Crippen molar-refractivity contribution in [1.82, 2.24) is 0 Å². The van der Waals surface area contributed by atoms with E-state index in [1.807, 2.05) is 36.4 Å². The molecule has 0 unspecified atom stereocenters. The van der Waals surface area contributed by atoms with E-state index in [-0.39, 0.29) is 5.75 Å². The zero-order valence-electron chi connectivity index (χ0n) is 16.0. The van der Waals surface area contributed by atoms with Gasteiger partial charge in [-0.3, -0.25) is 0 Å². The number of methoxy groups -OCH3 is 1. The minimum atomic E-state index is -0.428. The van der Waals surface area contributed by atoms with E-state index in [1.54, 1.807) is 14.2 Å². The molecular formula is C22H20BrClFNO3. The first kappa shape index (κ1) is 21.4. The molecule has 1 N–H and O–H groups in total. The smallest absolute Gasteiger partial charge is 0.157 e. The largest absolute Gasteiger partial charge is 0.497 e. The number of hydrogen-bond donors (Lipinski definition) is 1. The molecule has 0 saturated heterocycles. The van der Waals surface area contributed by atoms with Crippen molar-refractivity contribution >= 4 is 33.2 Å². The first-order valence-electron chi connectivity index (χ1n) is 8.84. The molecular weight excluding hydrogens is 461 g/mol. The molecule has 3 aromatic carbocycles. The summed E-state index contributed by atoms with van der Waals surface area (Å²) >= 11 is 9.68. The summed E-state index contributed by atoms with van der Waals surface area (Å²) in [6.45, 7) is 0.728. The molecule has 7 heteroatoms. The molecule has 0 amide bonds. The number of nitrogens with one attached hydrogen (secondary N) is 1. The number of hydrogen-bond acceptors (Lipinski definition) is 4. The lowest BCUT2D eigenvalue weighted by molar-refractivity contribution is 0.106. The van der Waals surface area contributed by atoms with Crippen LogP contribution in [0.4, 0.5) is 10.1 Å². The van der Waals surface area contributed by atoms with Gasteiger partial charge < -0.3 is 19.5 Å². The van der Waals surface area contributed by atoms with Crippen molar-refractivity contribution in [3.05, 3.63) is 81.0 Å². The maximum atomic E-state index is 13.7. The van der Waals surface area contributed by atoms with Crippen LogP contribution in [-0.4, -0.2) is 14.2 Å². The number of anilines is 1. The minimum Gasteiger partial charge on any atom is -0.497 e.